The van der Waals surface area contributed by atoms with Crippen LogP contribution in [0.2, 0.25) is 0 Å². The quantitative estimate of drug-likeness (QED) is 0.261. The van der Waals surface area contributed by atoms with Gasteiger partial charge in [-0.25, -0.2) is 4.79 Å². The SMILES string of the molecule is COc1cccc(C(=O)Oc2cccc(C=CC(=O)c3ccc(C)cc3)c2)c1. The van der Waals surface area contributed by atoms with E-state index in [0.29, 0.717) is 22.6 Å². The molecule has 4 heteroatoms. The molecule has 0 aliphatic rings. The second kappa shape index (κ2) is 8.82. The highest BCUT2D eigenvalue weighted by atomic mass is 16.5. The number of allylic oxidation sites excluding steroid dienone is 1. The zero-order chi connectivity index (χ0) is 19.9. The summed E-state index contributed by atoms with van der Waals surface area (Å²) in [5.41, 5.74) is 2.89. The van der Waals surface area contributed by atoms with Crippen molar-refractivity contribution in [3.8, 4) is 11.5 Å². The van der Waals surface area contributed by atoms with Crippen LogP contribution in [-0.4, -0.2) is 18.9 Å². The molecule has 0 radical (unpaired) electrons. The van der Waals surface area contributed by atoms with E-state index >= 15 is 0 Å². The van der Waals surface area contributed by atoms with E-state index in [1.54, 1.807) is 60.7 Å². The number of hydrogen-bond donors (Lipinski definition) is 0. The summed E-state index contributed by atoms with van der Waals surface area (Å²) in [7, 11) is 1.54. The maximum absolute atomic E-state index is 12.3. The predicted octanol–water partition coefficient (Wildman–Crippen LogP) is 5.12. The molecule has 0 unspecified atom stereocenters. The van der Waals surface area contributed by atoms with Crippen LogP contribution in [-0.2, 0) is 0 Å². The third-order valence-corrected chi connectivity index (χ3v) is 4.14. The summed E-state index contributed by atoms with van der Waals surface area (Å²) in [4.78, 5) is 24.6. The Morgan fingerprint density at radius 3 is 2.29 bits per heavy atom. The first kappa shape index (κ1) is 19.1. The molecule has 3 aromatic carbocycles. The normalized spacial score (nSPS) is 10.6. The van der Waals surface area contributed by atoms with E-state index in [1.165, 1.54) is 13.2 Å². The highest BCUT2D eigenvalue weighted by molar-refractivity contribution is 6.06. The van der Waals surface area contributed by atoms with Crippen molar-refractivity contribution in [1.82, 2.24) is 0 Å². The molecule has 0 aliphatic carbocycles. The van der Waals surface area contributed by atoms with Crippen LogP contribution in [0.4, 0.5) is 0 Å². The van der Waals surface area contributed by atoms with Crippen LogP contribution in [0.5, 0.6) is 11.5 Å². The predicted molar refractivity (Wildman–Crippen MR) is 109 cm³/mol. The van der Waals surface area contributed by atoms with Gasteiger partial charge in [0.15, 0.2) is 5.78 Å². The number of benzene rings is 3. The summed E-state index contributed by atoms with van der Waals surface area (Å²) in [5, 5.41) is 0. The number of aryl methyl sites for hydroxylation is 1. The van der Waals surface area contributed by atoms with Crippen molar-refractivity contribution in [3.05, 3.63) is 101 Å². The Bertz CT molecular complexity index is 1020. The molecular weight excluding hydrogens is 352 g/mol. The van der Waals surface area contributed by atoms with E-state index in [0.717, 1.165) is 11.1 Å². The first-order chi connectivity index (χ1) is 13.5. The zero-order valence-corrected chi connectivity index (χ0v) is 15.7. The van der Waals surface area contributed by atoms with E-state index in [1.807, 2.05) is 25.1 Å². The van der Waals surface area contributed by atoms with Crippen molar-refractivity contribution in [2.24, 2.45) is 0 Å². The summed E-state index contributed by atoms with van der Waals surface area (Å²) in [6.07, 6.45) is 3.21. The molecule has 0 aliphatic heterocycles. The molecule has 0 bridgehead atoms. The summed E-state index contributed by atoms with van der Waals surface area (Å²) in [6, 6.07) is 21.2. The summed E-state index contributed by atoms with van der Waals surface area (Å²) in [5.74, 6) is 0.424. The molecule has 28 heavy (non-hydrogen) atoms. The highest BCUT2D eigenvalue weighted by Crippen LogP contribution is 2.19. The van der Waals surface area contributed by atoms with E-state index in [-0.39, 0.29) is 5.78 Å². The minimum atomic E-state index is -0.476. The Morgan fingerprint density at radius 2 is 1.54 bits per heavy atom. The molecule has 0 saturated heterocycles. The van der Waals surface area contributed by atoms with Crippen LogP contribution in [0.1, 0.15) is 31.8 Å². The maximum Gasteiger partial charge on any atom is 0.343 e. The molecule has 0 atom stereocenters. The van der Waals surface area contributed by atoms with Crippen molar-refractivity contribution in [2.45, 2.75) is 6.92 Å². The lowest BCUT2D eigenvalue weighted by molar-refractivity contribution is 0.0734. The van der Waals surface area contributed by atoms with Crippen molar-refractivity contribution >= 4 is 17.8 Å². The first-order valence-corrected chi connectivity index (χ1v) is 8.80. The Morgan fingerprint density at radius 1 is 0.821 bits per heavy atom. The highest BCUT2D eigenvalue weighted by Gasteiger charge is 2.10. The van der Waals surface area contributed by atoms with E-state index in [4.69, 9.17) is 9.47 Å². The third kappa shape index (κ3) is 4.95. The second-order valence-electron chi connectivity index (χ2n) is 6.26. The number of ketones is 1. The molecule has 0 spiro atoms. The largest absolute Gasteiger partial charge is 0.497 e. The molecule has 0 saturated carbocycles. The molecule has 0 fully saturated rings. The molecule has 3 rings (SSSR count). The van der Waals surface area contributed by atoms with Gasteiger partial charge in [0.05, 0.1) is 12.7 Å². The van der Waals surface area contributed by atoms with Gasteiger partial charge in [0.25, 0.3) is 0 Å². The Hall–Kier alpha value is -3.66. The van der Waals surface area contributed by atoms with Gasteiger partial charge >= 0.3 is 5.97 Å². The lowest BCUT2D eigenvalue weighted by Gasteiger charge is -2.06. The van der Waals surface area contributed by atoms with E-state index in [9.17, 15) is 9.59 Å². The van der Waals surface area contributed by atoms with Crippen molar-refractivity contribution < 1.29 is 19.1 Å². The van der Waals surface area contributed by atoms with Gasteiger partial charge in [-0.2, -0.15) is 0 Å². The van der Waals surface area contributed by atoms with Crippen molar-refractivity contribution in [3.63, 3.8) is 0 Å². The second-order valence-corrected chi connectivity index (χ2v) is 6.26. The number of ether oxygens (including phenoxy) is 2. The molecular formula is C24H20O4. The number of rotatable bonds is 6. The number of carbonyl (C=O) groups excluding carboxylic acids is 2. The molecule has 3 aromatic rings. The van der Waals surface area contributed by atoms with Crippen LogP contribution in [0, 0.1) is 6.92 Å². The van der Waals surface area contributed by atoms with Crippen molar-refractivity contribution in [2.75, 3.05) is 7.11 Å². The fraction of sp³-hybridized carbons (Fsp3) is 0.0833. The third-order valence-electron chi connectivity index (χ3n) is 4.14. The first-order valence-electron chi connectivity index (χ1n) is 8.80. The van der Waals surface area contributed by atoms with Gasteiger partial charge in [0, 0.05) is 5.56 Å². The Kier molecular flexibility index (Phi) is 6.02. The monoisotopic (exact) mass is 372 g/mol. The summed E-state index contributed by atoms with van der Waals surface area (Å²) in [6.45, 7) is 1.97. The van der Waals surface area contributed by atoms with E-state index < -0.39 is 5.97 Å². The molecule has 0 N–H and O–H groups in total. The van der Waals surface area contributed by atoms with Crippen LogP contribution >= 0.6 is 0 Å². The standard InChI is InChI=1S/C24H20O4/c1-17-9-12-19(13-10-17)23(25)14-11-18-5-3-8-22(15-18)28-24(26)20-6-4-7-21(16-20)27-2/h3-16H,1-2H3. The topological polar surface area (TPSA) is 52.6 Å². The average Bonchev–Trinajstić information content (AvgIpc) is 2.73. The van der Waals surface area contributed by atoms with Gasteiger partial charge in [0.1, 0.15) is 11.5 Å². The lowest BCUT2D eigenvalue weighted by atomic mass is 10.1. The van der Waals surface area contributed by atoms with Crippen LogP contribution in [0.3, 0.4) is 0 Å². The van der Waals surface area contributed by atoms with Gasteiger partial charge < -0.3 is 9.47 Å². The molecule has 140 valence electrons. The number of methoxy groups -OCH3 is 1. The van der Waals surface area contributed by atoms with Gasteiger partial charge in [-0.3, -0.25) is 4.79 Å². The molecule has 0 amide bonds. The Labute approximate surface area is 164 Å². The zero-order valence-electron chi connectivity index (χ0n) is 15.7. The van der Waals surface area contributed by atoms with Gasteiger partial charge in [-0.05, 0) is 48.9 Å². The van der Waals surface area contributed by atoms with Gasteiger partial charge in [-0.15, -0.1) is 0 Å². The van der Waals surface area contributed by atoms with Crippen LogP contribution < -0.4 is 9.47 Å². The minimum absolute atomic E-state index is 0.0845. The Balaban J connectivity index is 1.70. The fourth-order valence-electron chi connectivity index (χ4n) is 2.58. The van der Waals surface area contributed by atoms with Crippen LogP contribution in [0.25, 0.3) is 6.08 Å². The number of carbonyl (C=O) groups is 2. The fourth-order valence-corrected chi connectivity index (χ4v) is 2.58. The molecule has 4 nitrogen and oxygen atoms in total. The smallest absolute Gasteiger partial charge is 0.343 e. The van der Waals surface area contributed by atoms with Gasteiger partial charge in [-0.1, -0.05) is 54.1 Å². The van der Waals surface area contributed by atoms with Crippen molar-refractivity contribution in [1.29, 1.82) is 0 Å². The molecule has 0 heterocycles. The maximum atomic E-state index is 12.3. The average molecular weight is 372 g/mol. The number of hydrogen-bond acceptors (Lipinski definition) is 4. The minimum Gasteiger partial charge on any atom is -0.497 e. The summed E-state index contributed by atoms with van der Waals surface area (Å²) >= 11 is 0. The van der Waals surface area contributed by atoms with Gasteiger partial charge in [0.2, 0.25) is 0 Å². The van der Waals surface area contributed by atoms with E-state index in [2.05, 4.69) is 0 Å². The number of esters is 1. The molecule has 0 aromatic heterocycles. The lowest BCUT2D eigenvalue weighted by Crippen LogP contribution is -2.08. The van der Waals surface area contributed by atoms with Crippen LogP contribution in [0.15, 0.2) is 78.9 Å². The summed E-state index contributed by atoms with van der Waals surface area (Å²) < 4.78 is 10.6.